The van der Waals surface area contributed by atoms with E-state index in [2.05, 4.69) is 17.6 Å². The minimum Gasteiger partial charge on any atom is -0.493 e. The zero-order valence-electron chi connectivity index (χ0n) is 24.6. The van der Waals surface area contributed by atoms with Crippen molar-refractivity contribution in [3.63, 3.8) is 0 Å². The van der Waals surface area contributed by atoms with Crippen LogP contribution in [0.25, 0.3) is 0 Å². The molecule has 1 atom stereocenters. The number of rotatable bonds is 10. The van der Waals surface area contributed by atoms with Gasteiger partial charge in [0.15, 0.2) is 11.5 Å². The molecule has 4 aromatic rings. The van der Waals surface area contributed by atoms with Crippen LogP contribution in [0.2, 0.25) is 10.0 Å². The molecular formula is C32H33Cl2N5O3S. The molecule has 0 spiro atoms. The normalized spacial score (nSPS) is 14.3. The Hall–Kier alpha value is -3.66. The van der Waals surface area contributed by atoms with Gasteiger partial charge in [0, 0.05) is 32.7 Å². The highest BCUT2D eigenvalue weighted by atomic mass is 35.5. The number of methoxy groups -OCH3 is 1. The Morgan fingerprint density at radius 1 is 1.07 bits per heavy atom. The number of thioether (sulfide) groups is 1. The Morgan fingerprint density at radius 2 is 1.84 bits per heavy atom. The van der Waals surface area contributed by atoms with Gasteiger partial charge in [-0.25, -0.2) is 4.68 Å². The summed E-state index contributed by atoms with van der Waals surface area (Å²) in [6.45, 7) is 8.16. The van der Waals surface area contributed by atoms with Crippen LogP contribution in [0.4, 0.5) is 11.6 Å². The highest BCUT2D eigenvalue weighted by Gasteiger charge is 2.35. The number of nitrogens with zero attached hydrogens (tertiary/aromatic N) is 3. The first kappa shape index (κ1) is 30.8. The van der Waals surface area contributed by atoms with Crippen LogP contribution in [0.3, 0.4) is 0 Å². The molecule has 224 valence electrons. The van der Waals surface area contributed by atoms with E-state index >= 15 is 0 Å². The molecule has 1 amide bonds. The highest BCUT2D eigenvalue weighted by molar-refractivity contribution is 7.99. The van der Waals surface area contributed by atoms with Crippen molar-refractivity contribution in [2.45, 2.75) is 51.9 Å². The van der Waals surface area contributed by atoms with Crippen molar-refractivity contribution in [3.8, 4) is 11.5 Å². The van der Waals surface area contributed by atoms with Crippen LogP contribution in [-0.4, -0.2) is 33.5 Å². The van der Waals surface area contributed by atoms with Crippen LogP contribution in [0, 0.1) is 13.8 Å². The van der Waals surface area contributed by atoms with E-state index in [0.717, 1.165) is 34.6 Å². The lowest BCUT2D eigenvalue weighted by Gasteiger charge is -2.29. The Labute approximate surface area is 265 Å². The molecule has 3 aromatic carbocycles. The van der Waals surface area contributed by atoms with Crippen LogP contribution in [0.1, 0.15) is 48.6 Å². The van der Waals surface area contributed by atoms with Gasteiger partial charge in [-0.3, -0.25) is 4.79 Å². The predicted octanol–water partition coefficient (Wildman–Crippen LogP) is 8.22. The molecule has 0 fully saturated rings. The SMILES string of the molecule is CCCSc1nc2n(n1)C(c1ccc(OCc3c(Cl)cccc3Cl)c(OC)c1)C(C(=O)Nc1ccc(C)cc1C)=C(C)N2. The summed E-state index contributed by atoms with van der Waals surface area (Å²) in [6, 6.07) is 16.3. The van der Waals surface area contributed by atoms with Gasteiger partial charge in [-0.1, -0.05) is 71.7 Å². The van der Waals surface area contributed by atoms with Crippen LogP contribution < -0.4 is 20.1 Å². The summed E-state index contributed by atoms with van der Waals surface area (Å²) < 4.78 is 13.6. The largest absolute Gasteiger partial charge is 0.493 e. The summed E-state index contributed by atoms with van der Waals surface area (Å²) in [5.41, 5.74) is 5.52. The van der Waals surface area contributed by atoms with Crippen molar-refractivity contribution in [2.75, 3.05) is 23.5 Å². The van der Waals surface area contributed by atoms with Crippen molar-refractivity contribution in [2.24, 2.45) is 0 Å². The molecule has 0 radical (unpaired) electrons. The first-order valence-electron chi connectivity index (χ1n) is 13.9. The quantitative estimate of drug-likeness (QED) is 0.169. The molecule has 0 bridgehead atoms. The number of ether oxygens (including phenoxy) is 2. The lowest BCUT2D eigenvalue weighted by atomic mass is 9.94. The summed E-state index contributed by atoms with van der Waals surface area (Å²) in [7, 11) is 1.58. The summed E-state index contributed by atoms with van der Waals surface area (Å²) in [4.78, 5) is 18.7. The molecule has 0 saturated carbocycles. The smallest absolute Gasteiger partial charge is 0.255 e. The molecule has 5 rings (SSSR count). The van der Waals surface area contributed by atoms with Gasteiger partial charge in [0.25, 0.3) is 5.91 Å². The lowest BCUT2D eigenvalue weighted by molar-refractivity contribution is -0.113. The predicted molar refractivity (Wildman–Crippen MR) is 174 cm³/mol. The third kappa shape index (κ3) is 6.64. The zero-order chi connectivity index (χ0) is 30.7. The number of nitrogens with one attached hydrogen (secondary N) is 2. The van der Waals surface area contributed by atoms with E-state index < -0.39 is 6.04 Å². The standard InChI is InChI=1S/C32H33Cl2N5O3S/c1-6-14-43-32-37-31-35-20(4)28(30(40)36-25-12-10-18(2)15-19(25)3)29(39(31)38-32)21-11-13-26(27(16-21)41-5)42-17-22-23(33)8-7-9-24(22)34/h7-13,15-16,29H,6,14,17H2,1-5H3,(H,36,40)(H,35,37,38). The Kier molecular flexibility index (Phi) is 9.54. The van der Waals surface area contributed by atoms with E-state index in [0.29, 0.717) is 49.5 Å². The number of aryl methyl sites for hydroxylation is 2. The second-order valence-electron chi connectivity index (χ2n) is 10.2. The van der Waals surface area contributed by atoms with E-state index in [1.807, 2.05) is 57.2 Å². The van der Waals surface area contributed by atoms with E-state index in [9.17, 15) is 4.79 Å². The Bertz CT molecular complexity index is 1680. The third-order valence-electron chi connectivity index (χ3n) is 7.08. The minimum absolute atomic E-state index is 0.162. The molecule has 1 unspecified atom stereocenters. The molecule has 43 heavy (non-hydrogen) atoms. The Morgan fingerprint density at radius 3 is 2.53 bits per heavy atom. The number of carbonyl (C=O) groups excluding carboxylic acids is 1. The lowest BCUT2D eigenvalue weighted by Crippen LogP contribution is -2.31. The maximum Gasteiger partial charge on any atom is 0.255 e. The molecule has 1 aliphatic heterocycles. The highest BCUT2D eigenvalue weighted by Crippen LogP contribution is 2.40. The molecule has 8 nitrogen and oxygen atoms in total. The maximum absolute atomic E-state index is 14.0. The summed E-state index contributed by atoms with van der Waals surface area (Å²) in [5, 5.41) is 12.9. The van der Waals surface area contributed by atoms with Crippen molar-refractivity contribution in [1.29, 1.82) is 0 Å². The molecule has 0 aliphatic carbocycles. The number of amides is 1. The van der Waals surface area contributed by atoms with Crippen LogP contribution >= 0.6 is 35.0 Å². The first-order valence-corrected chi connectivity index (χ1v) is 15.6. The number of carbonyl (C=O) groups is 1. The molecule has 11 heteroatoms. The van der Waals surface area contributed by atoms with Gasteiger partial charge in [0.05, 0.1) is 12.7 Å². The first-order chi connectivity index (χ1) is 20.7. The molecular weight excluding hydrogens is 605 g/mol. The number of hydrogen-bond acceptors (Lipinski definition) is 7. The zero-order valence-corrected chi connectivity index (χ0v) is 27.0. The summed E-state index contributed by atoms with van der Waals surface area (Å²) in [6.07, 6.45) is 0.990. The van der Waals surface area contributed by atoms with Gasteiger partial charge in [0.2, 0.25) is 11.1 Å². The van der Waals surface area contributed by atoms with Crippen LogP contribution in [0.5, 0.6) is 11.5 Å². The van der Waals surface area contributed by atoms with Crippen LogP contribution in [0.15, 0.2) is 71.0 Å². The van der Waals surface area contributed by atoms with Gasteiger partial charge < -0.3 is 20.1 Å². The topological polar surface area (TPSA) is 90.3 Å². The number of anilines is 2. The number of benzene rings is 3. The van der Waals surface area contributed by atoms with Gasteiger partial charge in [0.1, 0.15) is 12.6 Å². The second-order valence-corrected chi connectivity index (χ2v) is 12.1. The van der Waals surface area contributed by atoms with Crippen LogP contribution in [-0.2, 0) is 11.4 Å². The number of allylic oxidation sites excluding steroid dienone is 1. The molecule has 2 heterocycles. The Balaban J connectivity index is 1.53. The van der Waals surface area contributed by atoms with Gasteiger partial charge >= 0.3 is 0 Å². The van der Waals surface area contributed by atoms with E-state index in [-0.39, 0.29) is 12.5 Å². The monoisotopic (exact) mass is 637 g/mol. The van der Waals surface area contributed by atoms with Gasteiger partial charge in [-0.2, -0.15) is 4.98 Å². The number of halogens is 2. The number of fused-ring (bicyclic) bond motifs is 1. The minimum atomic E-state index is -0.577. The number of hydrogen-bond donors (Lipinski definition) is 2. The molecule has 1 aliphatic rings. The average Bonchev–Trinajstić information content (AvgIpc) is 3.38. The fraction of sp³-hybridized carbons (Fsp3) is 0.281. The van der Waals surface area contributed by atoms with Gasteiger partial charge in [-0.05, 0) is 68.7 Å². The third-order valence-corrected chi connectivity index (χ3v) is 8.83. The molecule has 2 N–H and O–H groups in total. The van der Waals surface area contributed by atoms with E-state index in [4.69, 9.17) is 42.8 Å². The fourth-order valence-corrected chi connectivity index (χ4v) is 6.12. The van der Waals surface area contributed by atoms with Crippen molar-refractivity contribution in [3.05, 3.63) is 98.2 Å². The van der Waals surface area contributed by atoms with Crippen molar-refractivity contribution < 1.29 is 14.3 Å². The average molecular weight is 639 g/mol. The summed E-state index contributed by atoms with van der Waals surface area (Å²) >= 11 is 14.3. The maximum atomic E-state index is 14.0. The summed E-state index contributed by atoms with van der Waals surface area (Å²) in [5.74, 6) is 2.22. The van der Waals surface area contributed by atoms with Crippen molar-refractivity contribution in [1.82, 2.24) is 14.8 Å². The molecule has 0 saturated heterocycles. The van der Waals surface area contributed by atoms with Crippen molar-refractivity contribution >= 4 is 52.5 Å². The second kappa shape index (κ2) is 13.3. The number of aromatic nitrogens is 3. The fourth-order valence-electron chi connectivity index (χ4n) is 4.93. The van der Waals surface area contributed by atoms with E-state index in [1.54, 1.807) is 41.8 Å². The van der Waals surface area contributed by atoms with E-state index in [1.165, 1.54) is 0 Å². The molecule has 1 aromatic heterocycles. The van der Waals surface area contributed by atoms with Gasteiger partial charge in [-0.15, -0.1) is 5.10 Å².